The summed E-state index contributed by atoms with van der Waals surface area (Å²) in [6.07, 6.45) is 4.98. The van der Waals surface area contributed by atoms with Gasteiger partial charge in [0, 0.05) is 29.9 Å². The number of benzene rings is 2. The van der Waals surface area contributed by atoms with Gasteiger partial charge in [0.2, 0.25) is 5.82 Å². The number of H-pyrrole nitrogens is 1. The summed E-state index contributed by atoms with van der Waals surface area (Å²) in [5, 5.41) is 19.0. The zero-order chi connectivity index (χ0) is 21.2. The van der Waals surface area contributed by atoms with Crippen LogP contribution in [0.2, 0.25) is 0 Å². The lowest BCUT2D eigenvalue weighted by Gasteiger charge is -2.11. The van der Waals surface area contributed by atoms with Crippen molar-refractivity contribution in [1.82, 2.24) is 35.2 Å². The second-order valence-corrected chi connectivity index (χ2v) is 7.71. The first-order chi connectivity index (χ1) is 15.2. The van der Waals surface area contributed by atoms with Crippen molar-refractivity contribution in [2.24, 2.45) is 0 Å². The summed E-state index contributed by atoms with van der Waals surface area (Å²) in [6, 6.07) is 18.8. The average molecular weight is 409 g/mol. The summed E-state index contributed by atoms with van der Waals surface area (Å²) in [6.45, 7) is 4.19. The van der Waals surface area contributed by atoms with Crippen molar-refractivity contribution in [3.05, 3.63) is 83.3 Å². The Morgan fingerprint density at radius 3 is 2.55 bits per heavy atom. The van der Waals surface area contributed by atoms with Crippen molar-refractivity contribution >= 4 is 5.65 Å². The van der Waals surface area contributed by atoms with E-state index in [9.17, 15) is 0 Å². The number of aryl methyl sites for hydroxylation is 2. The highest BCUT2D eigenvalue weighted by atomic mass is 15.5. The normalized spacial score (nSPS) is 11.3. The molecule has 0 amide bonds. The number of hydrogen-bond acceptors (Lipinski definition) is 5. The summed E-state index contributed by atoms with van der Waals surface area (Å²) in [7, 11) is 0. The molecule has 5 rings (SSSR count). The largest absolute Gasteiger partial charge is 0.233 e. The minimum absolute atomic E-state index is 0.595. The van der Waals surface area contributed by atoms with Crippen LogP contribution >= 0.6 is 0 Å². The first-order valence-corrected chi connectivity index (χ1v) is 10.5. The molecule has 3 heterocycles. The molecule has 0 radical (unpaired) electrons. The molecule has 154 valence electrons. The maximum Gasteiger partial charge on any atom is 0.205 e. The third-order valence-electron chi connectivity index (χ3n) is 5.40. The van der Waals surface area contributed by atoms with Crippen molar-refractivity contribution in [3.8, 4) is 22.5 Å². The van der Waals surface area contributed by atoms with Crippen LogP contribution in [-0.4, -0.2) is 35.2 Å². The molecule has 31 heavy (non-hydrogen) atoms. The molecule has 0 aliphatic carbocycles. The van der Waals surface area contributed by atoms with Gasteiger partial charge in [0.25, 0.3) is 0 Å². The predicted molar refractivity (Wildman–Crippen MR) is 120 cm³/mol. The van der Waals surface area contributed by atoms with Gasteiger partial charge in [0.05, 0.1) is 5.69 Å². The lowest BCUT2D eigenvalue weighted by atomic mass is 9.96. The van der Waals surface area contributed by atoms with Gasteiger partial charge < -0.3 is 0 Å². The van der Waals surface area contributed by atoms with E-state index in [1.807, 2.05) is 35.7 Å². The predicted octanol–water partition coefficient (Wildman–Crippen LogP) is 4.43. The van der Waals surface area contributed by atoms with Crippen LogP contribution in [0.5, 0.6) is 0 Å². The number of aromatic nitrogens is 7. The maximum absolute atomic E-state index is 4.86. The Morgan fingerprint density at radius 2 is 1.81 bits per heavy atom. The van der Waals surface area contributed by atoms with Crippen LogP contribution in [0, 0.1) is 6.92 Å². The Labute approximate surface area is 180 Å². The van der Waals surface area contributed by atoms with Gasteiger partial charge in [-0.2, -0.15) is 10.3 Å². The number of rotatable bonds is 6. The van der Waals surface area contributed by atoms with Gasteiger partial charge in [-0.1, -0.05) is 61.9 Å². The second kappa shape index (κ2) is 8.10. The number of nitrogens with one attached hydrogen (secondary N) is 1. The molecule has 0 bridgehead atoms. The number of fused-ring (bicyclic) bond motifs is 1. The van der Waals surface area contributed by atoms with Gasteiger partial charge in [0.1, 0.15) is 0 Å². The van der Waals surface area contributed by atoms with Crippen LogP contribution in [0.3, 0.4) is 0 Å². The lowest BCUT2D eigenvalue weighted by Crippen LogP contribution is -2.03. The van der Waals surface area contributed by atoms with Gasteiger partial charge in [0.15, 0.2) is 5.65 Å². The van der Waals surface area contributed by atoms with Crippen LogP contribution in [0.1, 0.15) is 35.9 Å². The molecular weight excluding hydrogens is 386 g/mol. The van der Waals surface area contributed by atoms with E-state index in [-0.39, 0.29) is 0 Å². The Morgan fingerprint density at radius 1 is 1.00 bits per heavy atom. The minimum Gasteiger partial charge on any atom is -0.233 e. The number of aromatic amines is 1. The van der Waals surface area contributed by atoms with E-state index < -0.39 is 0 Å². The third-order valence-corrected chi connectivity index (χ3v) is 5.40. The summed E-state index contributed by atoms with van der Waals surface area (Å²) >= 11 is 0. The first kappa shape index (κ1) is 19.1. The number of nitrogens with zero attached hydrogens (tertiary/aromatic N) is 6. The molecule has 0 fully saturated rings. The lowest BCUT2D eigenvalue weighted by molar-refractivity contribution is 0.827. The van der Waals surface area contributed by atoms with Crippen molar-refractivity contribution in [1.29, 1.82) is 0 Å². The summed E-state index contributed by atoms with van der Waals surface area (Å²) in [5.41, 5.74) is 8.67. The van der Waals surface area contributed by atoms with Crippen LogP contribution in [0.25, 0.3) is 28.2 Å². The summed E-state index contributed by atoms with van der Waals surface area (Å²) in [5.74, 6) is 0.595. The van der Waals surface area contributed by atoms with Gasteiger partial charge in [-0.15, -0.1) is 10.2 Å². The Kier molecular flexibility index (Phi) is 5.00. The number of tetrazole rings is 1. The standard InChI is InChI=1S/C24H23N7/c1-3-6-22-19(15-31-23(25-22)13-16(2)28-31)14-17-9-11-18(12-10-17)20-7-4-5-8-21(20)24-26-29-30-27-24/h4-5,7-13,15H,3,6,14H2,1-2H3,(H,26,27,29,30). The minimum atomic E-state index is 0.595. The average Bonchev–Trinajstić information content (AvgIpc) is 3.44. The molecule has 0 saturated carbocycles. The fraction of sp³-hybridized carbons (Fsp3) is 0.208. The molecule has 2 aromatic carbocycles. The topological polar surface area (TPSA) is 84.6 Å². The smallest absolute Gasteiger partial charge is 0.205 e. The molecule has 5 aromatic rings. The zero-order valence-corrected chi connectivity index (χ0v) is 17.6. The molecule has 7 nitrogen and oxygen atoms in total. The van der Waals surface area contributed by atoms with E-state index in [1.54, 1.807) is 0 Å². The molecule has 0 aliphatic heterocycles. The zero-order valence-electron chi connectivity index (χ0n) is 17.6. The Bertz CT molecular complexity index is 1320. The van der Waals surface area contributed by atoms with E-state index in [4.69, 9.17) is 4.98 Å². The van der Waals surface area contributed by atoms with E-state index in [1.165, 1.54) is 11.1 Å². The fourth-order valence-electron chi connectivity index (χ4n) is 3.94. The highest BCUT2D eigenvalue weighted by molar-refractivity contribution is 5.80. The molecule has 0 atom stereocenters. The molecular formula is C24H23N7. The van der Waals surface area contributed by atoms with E-state index >= 15 is 0 Å². The molecule has 0 aliphatic rings. The van der Waals surface area contributed by atoms with Crippen LogP contribution in [-0.2, 0) is 12.8 Å². The molecule has 0 saturated heterocycles. The Hall–Kier alpha value is -3.87. The number of hydrogen-bond donors (Lipinski definition) is 1. The van der Waals surface area contributed by atoms with Crippen LogP contribution in [0.4, 0.5) is 0 Å². The molecule has 1 N–H and O–H groups in total. The van der Waals surface area contributed by atoms with Crippen LogP contribution in [0.15, 0.2) is 60.8 Å². The quantitative estimate of drug-likeness (QED) is 0.448. The monoisotopic (exact) mass is 409 g/mol. The van der Waals surface area contributed by atoms with Gasteiger partial charge in [-0.3, -0.25) is 0 Å². The second-order valence-electron chi connectivity index (χ2n) is 7.71. The highest BCUT2D eigenvalue weighted by Crippen LogP contribution is 2.30. The molecule has 3 aromatic heterocycles. The SMILES string of the molecule is CCCc1nc2cc(C)nn2cc1Cc1ccc(-c2ccccc2-c2nn[nH]n2)cc1. The van der Waals surface area contributed by atoms with Gasteiger partial charge in [-0.25, -0.2) is 9.50 Å². The van der Waals surface area contributed by atoms with Crippen molar-refractivity contribution in [3.63, 3.8) is 0 Å². The van der Waals surface area contributed by atoms with Gasteiger partial charge in [-0.05, 0) is 40.8 Å². The van der Waals surface area contributed by atoms with E-state index in [0.717, 1.165) is 53.0 Å². The first-order valence-electron chi connectivity index (χ1n) is 10.5. The summed E-state index contributed by atoms with van der Waals surface area (Å²) < 4.78 is 1.89. The maximum atomic E-state index is 4.86. The third kappa shape index (κ3) is 3.82. The van der Waals surface area contributed by atoms with E-state index in [2.05, 4.69) is 69.2 Å². The van der Waals surface area contributed by atoms with Crippen LogP contribution < -0.4 is 0 Å². The molecule has 0 spiro atoms. The molecule has 7 heteroatoms. The van der Waals surface area contributed by atoms with Crippen molar-refractivity contribution in [2.45, 2.75) is 33.1 Å². The van der Waals surface area contributed by atoms with Gasteiger partial charge >= 0.3 is 0 Å². The van der Waals surface area contributed by atoms with Crippen molar-refractivity contribution < 1.29 is 0 Å². The fourth-order valence-corrected chi connectivity index (χ4v) is 3.94. The van der Waals surface area contributed by atoms with E-state index in [0.29, 0.717) is 5.82 Å². The Balaban J connectivity index is 1.46. The summed E-state index contributed by atoms with van der Waals surface area (Å²) in [4.78, 5) is 4.86. The molecule has 0 unspecified atom stereocenters. The van der Waals surface area contributed by atoms with Crippen molar-refractivity contribution in [2.75, 3.05) is 0 Å². The highest BCUT2D eigenvalue weighted by Gasteiger charge is 2.12.